The van der Waals surface area contributed by atoms with Crippen LogP contribution in [0.1, 0.15) is 44.9 Å². The summed E-state index contributed by atoms with van der Waals surface area (Å²) in [5.41, 5.74) is 0. The van der Waals surface area contributed by atoms with Crippen molar-refractivity contribution >= 4 is 0 Å². The SMILES string of the molecule is C=CC1CCCN1CC#CC1CCCCC1. The third kappa shape index (κ3) is 3.12. The van der Waals surface area contributed by atoms with Gasteiger partial charge in [-0.2, -0.15) is 0 Å². The van der Waals surface area contributed by atoms with Crippen LogP contribution in [0.25, 0.3) is 0 Å². The van der Waals surface area contributed by atoms with Gasteiger partial charge in [0, 0.05) is 12.0 Å². The van der Waals surface area contributed by atoms with Gasteiger partial charge in [0.15, 0.2) is 0 Å². The lowest BCUT2D eigenvalue weighted by Crippen LogP contribution is -2.27. The summed E-state index contributed by atoms with van der Waals surface area (Å²) in [6.07, 6.45) is 11.5. The van der Waals surface area contributed by atoms with E-state index in [1.54, 1.807) is 0 Å². The van der Waals surface area contributed by atoms with Crippen LogP contribution in [-0.4, -0.2) is 24.0 Å². The van der Waals surface area contributed by atoms with E-state index in [1.807, 2.05) is 0 Å². The molecular formula is C15H23N. The molecule has 0 radical (unpaired) electrons. The first-order valence-corrected chi connectivity index (χ1v) is 6.75. The van der Waals surface area contributed by atoms with Crippen LogP contribution < -0.4 is 0 Å². The molecule has 1 atom stereocenters. The summed E-state index contributed by atoms with van der Waals surface area (Å²) in [6.45, 7) is 6.06. The Balaban J connectivity index is 1.77. The second kappa shape index (κ2) is 6.11. The highest BCUT2D eigenvalue weighted by Crippen LogP contribution is 2.22. The van der Waals surface area contributed by atoms with Crippen LogP contribution in [0.3, 0.4) is 0 Å². The molecule has 1 aliphatic carbocycles. The van der Waals surface area contributed by atoms with E-state index in [1.165, 1.54) is 51.5 Å². The second-order valence-electron chi connectivity index (χ2n) is 5.07. The number of rotatable bonds is 2. The molecule has 1 nitrogen and oxygen atoms in total. The van der Waals surface area contributed by atoms with Crippen molar-refractivity contribution in [1.29, 1.82) is 0 Å². The van der Waals surface area contributed by atoms with E-state index in [0.717, 1.165) is 6.54 Å². The first kappa shape index (κ1) is 11.7. The smallest absolute Gasteiger partial charge is 0.0606 e. The second-order valence-corrected chi connectivity index (χ2v) is 5.07. The Morgan fingerprint density at radius 2 is 1.94 bits per heavy atom. The summed E-state index contributed by atoms with van der Waals surface area (Å²) in [6, 6.07) is 0.584. The van der Waals surface area contributed by atoms with Gasteiger partial charge in [-0.15, -0.1) is 6.58 Å². The van der Waals surface area contributed by atoms with E-state index >= 15 is 0 Å². The molecule has 1 saturated heterocycles. The van der Waals surface area contributed by atoms with E-state index in [2.05, 4.69) is 29.4 Å². The molecule has 2 aliphatic rings. The summed E-state index contributed by atoms with van der Waals surface area (Å²) >= 11 is 0. The van der Waals surface area contributed by atoms with Gasteiger partial charge in [0.1, 0.15) is 0 Å². The van der Waals surface area contributed by atoms with Gasteiger partial charge in [-0.1, -0.05) is 37.2 Å². The molecule has 0 N–H and O–H groups in total. The fraction of sp³-hybridized carbons (Fsp3) is 0.733. The lowest BCUT2D eigenvalue weighted by Gasteiger charge is -2.19. The predicted octanol–water partition coefficient (Wildman–Crippen LogP) is 3.22. The van der Waals surface area contributed by atoms with Gasteiger partial charge in [0.05, 0.1) is 6.54 Å². The molecule has 0 spiro atoms. The summed E-state index contributed by atoms with van der Waals surface area (Å²) < 4.78 is 0. The van der Waals surface area contributed by atoms with Gasteiger partial charge in [0.25, 0.3) is 0 Å². The molecule has 88 valence electrons. The summed E-state index contributed by atoms with van der Waals surface area (Å²) in [4.78, 5) is 2.46. The molecular weight excluding hydrogens is 194 g/mol. The topological polar surface area (TPSA) is 3.24 Å². The maximum Gasteiger partial charge on any atom is 0.0606 e. The maximum atomic E-state index is 3.90. The Kier molecular flexibility index (Phi) is 4.48. The third-order valence-electron chi connectivity index (χ3n) is 3.88. The van der Waals surface area contributed by atoms with Crippen molar-refractivity contribution < 1.29 is 0 Å². The zero-order chi connectivity index (χ0) is 11.2. The van der Waals surface area contributed by atoms with E-state index in [-0.39, 0.29) is 0 Å². The largest absolute Gasteiger partial charge is 0.286 e. The van der Waals surface area contributed by atoms with E-state index in [0.29, 0.717) is 12.0 Å². The molecule has 1 unspecified atom stereocenters. The lowest BCUT2D eigenvalue weighted by molar-refractivity contribution is 0.327. The van der Waals surface area contributed by atoms with Gasteiger partial charge in [-0.05, 0) is 32.2 Å². The average molecular weight is 217 g/mol. The van der Waals surface area contributed by atoms with Crippen LogP contribution in [0.2, 0.25) is 0 Å². The molecule has 0 aromatic heterocycles. The number of hydrogen-bond donors (Lipinski definition) is 0. The van der Waals surface area contributed by atoms with E-state index in [4.69, 9.17) is 0 Å². The summed E-state index contributed by atoms with van der Waals surface area (Å²) in [5.74, 6) is 7.55. The Morgan fingerprint density at radius 1 is 1.12 bits per heavy atom. The van der Waals surface area contributed by atoms with Crippen LogP contribution >= 0.6 is 0 Å². The van der Waals surface area contributed by atoms with Crippen LogP contribution in [0.15, 0.2) is 12.7 Å². The normalized spacial score (nSPS) is 27.4. The van der Waals surface area contributed by atoms with Gasteiger partial charge in [-0.25, -0.2) is 0 Å². The molecule has 1 heteroatoms. The lowest BCUT2D eigenvalue weighted by atomic mass is 9.90. The van der Waals surface area contributed by atoms with Crippen molar-refractivity contribution in [3.63, 3.8) is 0 Å². The van der Waals surface area contributed by atoms with Crippen molar-refractivity contribution in [3.05, 3.63) is 12.7 Å². The average Bonchev–Trinajstić information content (AvgIpc) is 2.78. The minimum Gasteiger partial charge on any atom is -0.286 e. The number of nitrogens with zero attached hydrogens (tertiary/aromatic N) is 1. The fourth-order valence-electron chi connectivity index (χ4n) is 2.85. The third-order valence-corrected chi connectivity index (χ3v) is 3.88. The van der Waals surface area contributed by atoms with Gasteiger partial charge < -0.3 is 0 Å². The first-order valence-electron chi connectivity index (χ1n) is 6.75. The van der Waals surface area contributed by atoms with Crippen LogP contribution in [0.5, 0.6) is 0 Å². The fourth-order valence-corrected chi connectivity index (χ4v) is 2.85. The summed E-state index contributed by atoms with van der Waals surface area (Å²) in [5, 5.41) is 0. The van der Waals surface area contributed by atoms with Crippen LogP contribution in [-0.2, 0) is 0 Å². The Hall–Kier alpha value is -0.740. The van der Waals surface area contributed by atoms with Gasteiger partial charge >= 0.3 is 0 Å². The van der Waals surface area contributed by atoms with Crippen molar-refractivity contribution in [2.75, 3.05) is 13.1 Å². The van der Waals surface area contributed by atoms with Crippen LogP contribution in [0, 0.1) is 17.8 Å². The zero-order valence-corrected chi connectivity index (χ0v) is 10.3. The predicted molar refractivity (Wildman–Crippen MR) is 69.1 cm³/mol. The highest BCUT2D eigenvalue weighted by Gasteiger charge is 2.20. The van der Waals surface area contributed by atoms with E-state index < -0.39 is 0 Å². The van der Waals surface area contributed by atoms with Gasteiger partial charge in [-0.3, -0.25) is 4.90 Å². The minimum atomic E-state index is 0.584. The number of hydrogen-bond acceptors (Lipinski definition) is 1. The Labute approximate surface area is 99.9 Å². The molecule has 2 rings (SSSR count). The Morgan fingerprint density at radius 3 is 2.69 bits per heavy atom. The monoisotopic (exact) mass is 217 g/mol. The molecule has 16 heavy (non-hydrogen) atoms. The molecule has 1 saturated carbocycles. The van der Waals surface area contributed by atoms with Gasteiger partial charge in [0.2, 0.25) is 0 Å². The Bertz CT molecular complexity index is 278. The maximum absolute atomic E-state index is 3.90. The quantitative estimate of drug-likeness (QED) is 0.507. The molecule has 2 fully saturated rings. The number of likely N-dealkylation sites (tertiary alicyclic amines) is 1. The molecule has 0 amide bonds. The first-order chi connectivity index (χ1) is 7.90. The molecule has 0 bridgehead atoms. The molecule has 0 aromatic carbocycles. The van der Waals surface area contributed by atoms with Crippen molar-refractivity contribution in [3.8, 4) is 11.8 Å². The minimum absolute atomic E-state index is 0.584. The van der Waals surface area contributed by atoms with Crippen molar-refractivity contribution in [2.45, 2.75) is 51.0 Å². The molecule has 1 heterocycles. The highest BCUT2D eigenvalue weighted by molar-refractivity contribution is 5.08. The standard InChI is InChI=1S/C15H23N/c1-2-15-11-7-13-16(15)12-6-10-14-8-4-3-5-9-14/h2,14-15H,1,3-5,7-9,11-13H2. The summed E-state index contributed by atoms with van der Waals surface area (Å²) in [7, 11) is 0. The van der Waals surface area contributed by atoms with Crippen molar-refractivity contribution in [1.82, 2.24) is 4.90 Å². The molecule has 0 aromatic rings. The highest BCUT2D eigenvalue weighted by atomic mass is 15.2. The zero-order valence-electron chi connectivity index (χ0n) is 10.3. The van der Waals surface area contributed by atoms with Crippen LogP contribution in [0.4, 0.5) is 0 Å². The van der Waals surface area contributed by atoms with Crippen molar-refractivity contribution in [2.24, 2.45) is 5.92 Å². The molecule has 1 aliphatic heterocycles. The van der Waals surface area contributed by atoms with E-state index in [9.17, 15) is 0 Å².